The predicted octanol–water partition coefficient (Wildman–Crippen LogP) is -1.00. The number of hydrogen-bond donors (Lipinski definition) is 3. The molecule has 10 heteroatoms. The summed E-state index contributed by atoms with van der Waals surface area (Å²) in [5, 5.41) is 13.6. The molecule has 0 rings (SSSR count). The van der Waals surface area contributed by atoms with Crippen molar-refractivity contribution in [2.45, 2.75) is 0 Å². The van der Waals surface area contributed by atoms with Gasteiger partial charge in [-0.05, 0) is 0 Å². The van der Waals surface area contributed by atoms with Crippen LogP contribution in [-0.2, 0) is 27.5 Å². The van der Waals surface area contributed by atoms with E-state index in [1.807, 2.05) is 0 Å². The van der Waals surface area contributed by atoms with Gasteiger partial charge in [-0.25, -0.2) is 0 Å². The van der Waals surface area contributed by atoms with Crippen LogP contribution in [0.15, 0.2) is 0 Å². The molecule has 0 aromatic rings. The van der Waals surface area contributed by atoms with E-state index in [0.29, 0.717) is 0 Å². The van der Waals surface area contributed by atoms with Gasteiger partial charge in [-0.2, -0.15) is 8.42 Å². The van der Waals surface area contributed by atoms with Gasteiger partial charge >= 0.3 is 10.4 Å². The summed E-state index contributed by atoms with van der Waals surface area (Å²) in [6.07, 6.45) is 0. The Balaban J connectivity index is -0.0000000910. The third-order valence-electron chi connectivity index (χ3n) is 0. The second-order valence-electron chi connectivity index (χ2n) is 0.686. The van der Waals surface area contributed by atoms with E-state index in [2.05, 4.69) is 0 Å². The summed E-state index contributed by atoms with van der Waals surface area (Å²) in [7, 11) is -4.67. The van der Waals surface area contributed by atoms with Crippen LogP contribution in [-0.4, -0.2) is 27.8 Å². The van der Waals surface area contributed by atoms with Crippen LogP contribution >= 0.6 is 0 Å². The van der Waals surface area contributed by atoms with E-state index in [-0.39, 0.29) is 17.1 Å². The molecule has 0 saturated heterocycles. The largest absolute Gasteiger partial charge is 0.394 e. The summed E-state index contributed by atoms with van der Waals surface area (Å²) in [6, 6.07) is 0. The Morgan fingerprint density at radius 3 is 1.30 bits per heavy atom. The molecule has 0 aromatic heterocycles. The van der Waals surface area contributed by atoms with Crippen molar-refractivity contribution in [2.24, 2.45) is 0 Å². The van der Waals surface area contributed by atoms with Gasteiger partial charge in [-0.3, -0.25) is 9.11 Å². The van der Waals surface area contributed by atoms with Crippen LogP contribution < -0.4 is 0 Å². The van der Waals surface area contributed by atoms with Gasteiger partial charge in [0.05, 0.1) is 0 Å². The summed E-state index contributed by atoms with van der Waals surface area (Å²) < 4.78 is 31.6. The van der Waals surface area contributed by atoms with Gasteiger partial charge in [0.1, 0.15) is 0 Å². The SMILES string of the molecule is O=S(=O)(O)O.O=[N+]([O-])O.[Mn]. The van der Waals surface area contributed by atoms with Crippen LogP contribution in [0.4, 0.5) is 0 Å². The number of nitrogens with zero attached hydrogens (tertiary/aromatic N) is 1. The Hall–Kier alpha value is -0.411. The zero-order chi connectivity index (χ0) is 8.08. The molecule has 0 amide bonds. The molecule has 1 radical (unpaired) electrons. The second-order valence-corrected chi connectivity index (χ2v) is 1.58. The van der Waals surface area contributed by atoms with E-state index in [1.54, 1.807) is 0 Å². The predicted molar refractivity (Wildman–Crippen MR) is 23.0 cm³/mol. The molecule has 63 valence electrons. The van der Waals surface area contributed by atoms with Crippen LogP contribution in [0, 0.1) is 10.1 Å². The van der Waals surface area contributed by atoms with Gasteiger partial charge in [-0.15, -0.1) is 10.1 Å². The Labute approximate surface area is 66.0 Å². The van der Waals surface area contributed by atoms with Crippen molar-refractivity contribution in [3.8, 4) is 0 Å². The van der Waals surface area contributed by atoms with Crippen LogP contribution in [0.1, 0.15) is 0 Å². The Kier molecular flexibility index (Phi) is 10.9. The first kappa shape index (κ1) is 16.3. The normalized spacial score (nSPS) is 8.20. The average molecular weight is 216 g/mol. The van der Waals surface area contributed by atoms with Crippen molar-refractivity contribution < 1.29 is 44.9 Å². The van der Waals surface area contributed by atoms with Gasteiger partial charge in [-0.1, -0.05) is 0 Å². The zero-order valence-corrected chi connectivity index (χ0v) is 6.20. The topological polar surface area (TPSA) is 138 Å². The maximum Gasteiger partial charge on any atom is 0.394 e. The van der Waals surface area contributed by atoms with Crippen LogP contribution in [0.25, 0.3) is 0 Å². The Bertz CT molecular complexity index is 156. The quantitative estimate of drug-likeness (QED) is 0.204. The van der Waals surface area contributed by atoms with E-state index in [9.17, 15) is 0 Å². The molecule has 3 N–H and O–H groups in total. The molecule has 0 aliphatic carbocycles. The van der Waals surface area contributed by atoms with E-state index in [1.165, 1.54) is 0 Å². The van der Waals surface area contributed by atoms with Crippen molar-refractivity contribution in [2.75, 3.05) is 0 Å². The molecular formula is H3MnNO7S. The average Bonchev–Trinajstić information content (AvgIpc) is 1.19. The minimum Gasteiger partial charge on any atom is -0.328 e. The van der Waals surface area contributed by atoms with E-state index in [4.69, 9.17) is 32.8 Å². The minimum atomic E-state index is -4.67. The second kappa shape index (κ2) is 6.71. The summed E-state index contributed by atoms with van der Waals surface area (Å²) >= 11 is 0. The maximum absolute atomic E-state index is 8.74. The van der Waals surface area contributed by atoms with Crippen molar-refractivity contribution in [1.29, 1.82) is 0 Å². The fraction of sp³-hybridized carbons (Fsp3) is 0. The summed E-state index contributed by atoms with van der Waals surface area (Å²) in [4.78, 5) is 8.36. The number of rotatable bonds is 0. The van der Waals surface area contributed by atoms with Gasteiger partial charge in [0.15, 0.2) is 0 Å². The van der Waals surface area contributed by atoms with Gasteiger partial charge < -0.3 is 5.21 Å². The Morgan fingerprint density at radius 1 is 1.30 bits per heavy atom. The first-order chi connectivity index (χ1) is 3.73. The fourth-order valence-electron chi connectivity index (χ4n) is 0. The minimum absolute atomic E-state index is 0. The third kappa shape index (κ3) is 1960. The molecule has 8 nitrogen and oxygen atoms in total. The Morgan fingerprint density at radius 2 is 1.30 bits per heavy atom. The third-order valence-corrected chi connectivity index (χ3v) is 0. The smallest absolute Gasteiger partial charge is 0.328 e. The summed E-state index contributed by atoms with van der Waals surface area (Å²) in [6.45, 7) is 0. The van der Waals surface area contributed by atoms with Gasteiger partial charge in [0.2, 0.25) is 0 Å². The first-order valence-corrected chi connectivity index (χ1v) is 2.66. The molecular weight excluding hydrogens is 213 g/mol. The standard InChI is InChI=1S/Mn.HNO3.H2O4S/c;2-1(3)4;1-5(2,3)4/h;(H,2,3,4);(H2,1,2,3,4). The molecule has 0 fully saturated rings. The monoisotopic (exact) mass is 216 g/mol. The van der Waals surface area contributed by atoms with Crippen molar-refractivity contribution >= 4 is 10.4 Å². The zero-order valence-electron chi connectivity index (χ0n) is 4.21. The van der Waals surface area contributed by atoms with Gasteiger partial charge in [0.25, 0.3) is 5.09 Å². The summed E-state index contributed by atoms with van der Waals surface area (Å²) in [5.74, 6) is 0. The molecule has 0 unspecified atom stereocenters. The molecule has 10 heavy (non-hydrogen) atoms. The van der Waals surface area contributed by atoms with Crippen molar-refractivity contribution in [3.63, 3.8) is 0 Å². The fourth-order valence-corrected chi connectivity index (χ4v) is 0. The van der Waals surface area contributed by atoms with Gasteiger partial charge in [0, 0.05) is 17.1 Å². The summed E-state index contributed by atoms with van der Waals surface area (Å²) in [5.41, 5.74) is 0. The molecule has 0 aliphatic rings. The van der Waals surface area contributed by atoms with E-state index >= 15 is 0 Å². The van der Waals surface area contributed by atoms with Crippen LogP contribution in [0.2, 0.25) is 0 Å². The molecule has 0 spiro atoms. The van der Waals surface area contributed by atoms with Crippen LogP contribution in [0.3, 0.4) is 0 Å². The maximum atomic E-state index is 8.74. The number of hydrogen-bond acceptors (Lipinski definition) is 4. The molecule has 0 aliphatic heterocycles. The molecule has 0 aromatic carbocycles. The molecule has 0 saturated carbocycles. The van der Waals surface area contributed by atoms with E-state index < -0.39 is 15.5 Å². The van der Waals surface area contributed by atoms with E-state index in [0.717, 1.165) is 0 Å². The molecule has 0 bridgehead atoms. The molecule has 0 heterocycles. The van der Waals surface area contributed by atoms with Crippen molar-refractivity contribution in [1.82, 2.24) is 0 Å². The molecule has 0 atom stereocenters. The van der Waals surface area contributed by atoms with Crippen LogP contribution in [0.5, 0.6) is 0 Å². The first-order valence-electron chi connectivity index (χ1n) is 1.26. The van der Waals surface area contributed by atoms with Crippen molar-refractivity contribution in [3.05, 3.63) is 10.1 Å².